The van der Waals surface area contributed by atoms with Gasteiger partial charge >= 0.3 is 0 Å². The van der Waals surface area contributed by atoms with Gasteiger partial charge in [-0.3, -0.25) is 0 Å². The zero-order valence-electron chi connectivity index (χ0n) is 10.8. The van der Waals surface area contributed by atoms with Gasteiger partial charge < -0.3 is 15.0 Å². The number of rotatable bonds is 5. The lowest BCUT2D eigenvalue weighted by atomic mass is 9.89. The summed E-state index contributed by atoms with van der Waals surface area (Å²) in [5.41, 5.74) is 5.96. The van der Waals surface area contributed by atoms with Crippen molar-refractivity contribution in [1.29, 1.82) is 0 Å². The summed E-state index contributed by atoms with van der Waals surface area (Å²) < 4.78 is 10.7. The van der Waals surface area contributed by atoms with E-state index in [-0.39, 0.29) is 6.04 Å². The molecule has 2 aliphatic carbocycles. The highest BCUT2D eigenvalue weighted by Crippen LogP contribution is 2.52. The zero-order valence-corrected chi connectivity index (χ0v) is 10.8. The summed E-state index contributed by atoms with van der Waals surface area (Å²) in [6, 6.07) is -0.277. The third kappa shape index (κ3) is 2.17. The van der Waals surface area contributed by atoms with E-state index in [1.54, 1.807) is 0 Å². The van der Waals surface area contributed by atoms with E-state index in [0.717, 1.165) is 17.7 Å². The molecule has 1 aromatic rings. The Hall–Kier alpha value is -0.940. The Morgan fingerprint density at radius 2 is 2.33 bits per heavy atom. The fraction of sp³-hybridized carbons (Fsp3) is 0.846. The highest BCUT2D eigenvalue weighted by atomic mass is 16.5. The summed E-state index contributed by atoms with van der Waals surface area (Å²) in [5, 5.41) is 4.01. The molecule has 2 bridgehead atoms. The van der Waals surface area contributed by atoms with Crippen LogP contribution in [0.5, 0.6) is 0 Å². The first-order chi connectivity index (χ1) is 8.78. The van der Waals surface area contributed by atoms with Crippen LogP contribution >= 0.6 is 0 Å². The molecular weight excluding hydrogens is 230 g/mol. The molecule has 4 unspecified atom stereocenters. The Morgan fingerprint density at radius 3 is 3.00 bits per heavy atom. The van der Waals surface area contributed by atoms with Crippen LogP contribution in [0.4, 0.5) is 0 Å². The lowest BCUT2D eigenvalue weighted by Crippen LogP contribution is -2.18. The van der Waals surface area contributed by atoms with Gasteiger partial charge in [-0.2, -0.15) is 4.98 Å². The van der Waals surface area contributed by atoms with Crippen LogP contribution in [0.3, 0.4) is 0 Å². The average Bonchev–Trinajstić information content (AvgIpc) is 3.09. The third-order valence-corrected chi connectivity index (χ3v) is 4.35. The van der Waals surface area contributed by atoms with E-state index in [9.17, 15) is 0 Å². The maximum absolute atomic E-state index is 5.96. The van der Waals surface area contributed by atoms with Crippen molar-refractivity contribution in [2.24, 2.45) is 17.6 Å². The summed E-state index contributed by atoms with van der Waals surface area (Å²) in [4.78, 5) is 4.48. The summed E-state index contributed by atoms with van der Waals surface area (Å²) >= 11 is 0. The third-order valence-electron chi connectivity index (χ3n) is 4.35. The Labute approximate surface area is 107 Å². The highest BCUT2D eigenvalue weighted by Gasteiger charge is 2.43. The van der Waals surface area contributed by atoms with Crippen LogP contribution < -0.4 is 5.73 Å². The zero-order chi connectivity index (χ0) is 12.5. The molecule has 0 radical (unpaired) electrons. The lowest BCUT2D eigenvalue weighted by molar-refractivity contribution is 0.130. The molecule has 18 heavy (non-hydrogen) atoms. The number of hydrogen-bond donors (Lipinski definition) is 1. The summed E-state index contributed by atoms with van der Waals surface area (Å²) in [5.74, 6) is 3.49. The monoisotopic (exact) mass is 251 g/mol. The molecule has 3 rings (SSSR count). The standard InChI is InChI=1S/C13H21N3O2/c1-2-17-7-11(14)12-15-13(18-16-12)10-6-8-3-4-9(10)5-8/h8-11H,2-7,14H2,1H3. The Kier molecular flexibility index (Phi) is 3.35. The predicted molar refractivity (Wildman–Crippen MR) is 65.9 cm³/mol. The van der Waals surface area contributed by atoms with Gasteiger partial charge in [-0.1, -0.05) is 11.6 Å². The van der Waals surface area contributed by atoms with Crippen molar-refractivity contribution in [1.82, 2.24) is 10.1 Å². The molecule has 1 heterocycles. The number of fused-ring (bicyclic) bond motifs is 2. The number of nitrogens with two attached hydrogens (primary N) is 1. The smallest absolute Gasteiger partial charge is 0.230 e. The van der Waals surface area contributed by atoms with Crippen molar-refractivity contribution in [2.75, 3.05) is 13.2 Å². The molecular formula is C13H21N3O2. The van der Waals surface area contributed by atoms with Crippen LogP contribution in [-0.4, -0.2) is 23.4 Å². The number of hydrogen-bond acceptors (Lipinski definition) is 5. The minimum Gasteiger partial charge on any atom is -0.380 e. The molecule has 2 aliphatic rings. The van der Waals surface area contributed by atoms with E-state index in [4.69, 9.17) is 15.0 Å². The maximum Gasteiger partial charge on any atom is 0.230 e. The molecule has 2 fully saturated rings. The van der Waals surface area contributed by atoms with E-state index in [2.05, 4.69) is 10.1 Å². The van der Waals surface area contributed by atoms with E-state index >= 15 is 0 Å². The molecule has 2 N–H and O–H groups in total. The molecule has 0 aliphatic heterocycles. The van der Waals surface area contributed by atoms with Gasteiger partial charge in [-0.25, -0.2) is 0 Å². The fourth-order valence-electron chi connectivity index (χ4n) is 3.42. The molecule has 0 spiro atoms. The molecule has 0 amide bonds. The van der Waals surface area contributed by atoms with Crippen LogP contribution in [-0.2, 0) is 4.74 Å². The fourth-order valence-corrected chi connectivity index (χ4v) is 3.42. The number of ether oxygens (including phenoxy) is 1. The Balaban J connectivity index is 1.66. The van der Waals surface area contributed by atoms with Gasteiger partial charge in [0.1, 0.15) is 0 Å². The van der Waals surface area contributed by atoms with Crippen LogP contribution in [0.2, 0.25) is 0 Å². The maximum atomic E-state index is 5.96. The minimum atomic E-state index is -0.277. The van der Waals surface area contributed by atoms with Crippen molar-refractivity contribution < 1.29 is 9.26 Å². The molecule has 5 nitrogen and oxygen atoms in total. The second kappa shape index (κ2) is 4.97. The van der Waals surface area contributed by atoms with Crippen LogP contribution in [0.25, 0.3) is 0 Å². The molecule has 1 aromatic heterocycles. The number of aromatic nitrogens is 2. The van der Waals surface area contributed by atoms with Gasteiger partial charge in [0.25, 0.3) is 0 Å². The van der Waals surface area contributed by atoms with Crippen LogP contribution in [0, 0.1) is 11.8 Å². The second-order valence-corrected chi connectivity index (χ2v) is 5.54. The molecule has 2 saturated carbocycles. The van der Waals surface area contributed by atoms with Crippen molar-refractivity contribution in [2.45, 2.75) is 44.6 Å². The van der Waals surface area contributed by atoms with Gasteiger partial charge in [0.2, 0.25) is 5.89 Å². The van der Waals surface area contributed by atoms with Crippen LogP contribution in [0.15, 0.2) is 4.52 Å². The largest absolute Gasteiger partial charge is 0.380 e. The lowest BCUT2D eigenvalue weighted by Gasteiger charge is -2.17. The van der Waals surface area contributed by atoms with Crippen molar-refractivity contribution in [3.05, 3.63) is 11.7 Å². The van der Waals surface area contributed by atoms with E-state index < -0.39 is 0 Å². The first kappa shape index (κ1) is 12.1. The van der Waals surface area contributed by atoms with E-state index in [1.165, 1.54) is 25.7 Å². The summed E-state index contributed by atoms with van der Waals surface area (Å²) in [7, 11) is 0. The van der Waals surface area contributed by atoms with E-state index in [1.807, 2.05) is 6.92 Å². The molecule has 4 atom stereocenters. The molecule has 5 heteroatoms. The molecule has 0 saturated heterocycles. The second-order valence-electron chi connectivity index (χ2n) is 5.54. The average molecular weight is 251 g/mol. The van der Waals surface area contributed by atoms with Gasteiger partial charge in [-0.15, -0.1) is 0 Å². The summed E-state index contributed by atoms with van der Waals surface area (Å²) in [6.45, 7) is 3.06. The van der Waals surface area contributed by atoms with Gasteiger partial charge in [0.05, 0.1) is 12.6 Å². The summed E-state index contributed by atoms with van der Waals surface area (Å²) in [6.07, 6.45) is 5.25. The minimum absolute atomic E-state index is 0.277. The van der Waals surface area contributed by atoms with Gasteiger partial charge in [-0.05, 0) is 38.0 Å². The predicted octanol–water partition coefficient (Wildman–Crippen LogP) is 2.01. The SMILES string of the molecule is CCOCC(N)c1noc(C2CC3CCC2C3)n1. The highest BCUT2D eigenvalue weighted by molar-refractivity contribution is 5.06. The first-order valence-corrected chi connectivity index (χ1v) is 6.94. The van der Waals surface area contributed by atoms with Gasteiger partial charge in [0, 0.05) is 12.5 Å². The quantitative estimate of drug-likeness (QED) is 0.866. The van der Waals surface area contributed by atoms with Crippen LogP contribution in [0.1, 0.15) is 56.3 Å². The van der Waals surface area contributed by atoms with Crippen molar-refractivity contribution >= 4 is 0 Å². The number of nitrogens with zero attached hydrogens (tertiary/aromatic N) is 2. The Morgan fingerprint density at radius 1 is 1.44 bits per heavy atom. The molecule has 0 aromatic carbocycles. The van der Waals surface area contributed by atoms with E-state index in [0.29, 0.717) is 25.0 Å². The normalized spacial score (nSPS) is 32.0. The van der Waals surface area contributed by atoms with Crippen molar-refractivity contribution in [3.63, 3.8) is 0 Å². The topological polar surface area (TPSA) is 74.2 Å². The van der Waals surface area contributed by atoms with Crippen molar-refractivity contribution in [3.8, 4) is 0 Å². The first-order valence-electron chi connectivity index (χ1n) is 6.94. The van der Waals surface area contributed by atoms with Gasteiger partial charge in [0.15, 0.2) is 5.82 Å². The molecule has 100 valence electrons. The Bertz CT molecular complexity index is 407.